The molecular formula is C22H30IN7O. The molecule has 2 N–H and O–H groups in total. The van der Waals surface area contributed by atoms with E-state index < -0.39 is 0 Å². The molecule has 0 radical (unpaired) electrons. The molecule has 0 unspecified atom stereocenters. The lowest BCUT2D eigenvalue weighted by molar-refractivity contribution is 0.461. The molecule has 31 heavy (non-hydrogen) atoms. The molecule has 2 aromatic heterocycles. The number of nitrogens with one attached hydrogen (secondary N) is 2. The number of nitrogens with zero attached hydrogens (tertiary/aromatic N) is 5. The number of aromatic nitrogens is 4. The standard InChI is InChI=1S/C22H29N7O.HI/c1-5-20-28-27-15-29(20)11-10-25-22(23-4)26-14-18-8-9-24-21(13-18)30-19-7-6-16(2)17(3)12-19;/h6-9,12-13,15H,5,10-11,14H2,1-4H3,(H2,23,25,26);1H. The largest absolute Gasteiger partial charge is 0.439 e. The molecule has 3 rings (SSSR count). The lowest BCUT2D eigenvalue weighted by Gasteiger charge is -2.13. The van der Waals surface area contributed by atoms with Crippen molar-refractivity contribution in [2.75, 3.05) is 13.6 Å². The Balaban J connectivity index is 0.00000341. The lowest BCUT2D eigenvalue weighted by Crippen LogP contribution is -2.38. The summed E-state index contributed by atoms with van der Waals surface area (Å²) in [5.74, 6) is 3.07. The maximum absolute atomic E-state index is 5.92. The van der Waals surface area contributed by atoms with Crippen molar-refractivity contribution in [3.63, 3.8) is 0 Å². The molecule has 0 amide bonds. The van der Waals surface area contributed by atoms with Crippen molar-refractivity contribution in [2.45, 2.75) is 40.3 Å². The van der Waals surface area contributed by atoms with Crippen molar-refractivity contribution < 1.29 is 4.74 Å². The minimum atomic E-state index is 0. The summed E-state index contributed by atoms with van der Waals surface area (Å²) in [6.07, 6.45) is 4.37. The molecule has 0 atom stereocenters. The minimum absolute atomic E-state index is 0. The van der Waals surface area contributed by atoms with Gasteiger partial charge in [0, 0.05) is 45.4 Å². The number of halogens is 1. The Morgan fingerprint density at radius 1 is 1.13 bits per heavy atom. The van der Waals surface area contributed by atoms with Gasteiger partial charge in [-0.05, 0) is 48.7 Å². The second-order valence-electron chi connectivity index (χ2n) is 7.00. The van der Waals surface area contributed by atoms with Gasteiger partial charge in [-0.1, -0.05) is 13.0 Å². The van der Waals surface area contributed by atoms with Crippen LogP contribution in [0.15, 0.2) is 47.8 Å². The number of hydrogen-bond acceptors (Lipinski definition) is 5. The van der Waals surface area contributed by atoms with Crippen LogP contribution in [0.1, 0.15) is 29.4 Å². The zero-order valence-corrected chi connectivity index (χ0v) is 20.8. The highest BCUT2D eigenvalue weighted by molar-refractivity contribution is 14.0. The Labute approximate surface area is 200 Å². The highest BCUT2D eigenvalue weighted by atomic mass is 127. The number of rotatable bonds is 8. The number of aryl methyl sites for hydroxylation is 3. The predicted molar refractivity (Wildman–Crippen MR) is 133 cm³/mol. The van der Waals surface area contributed by atoms with Crippen molar-refractivity contribution in [3.8, 4) is 11.6 Å². The maximum Gasteiger partial charge on any atom is 0.219 e. The summed E-state index contributed by atoms with van der Waals surface area (Å²) in [5, 5.41) is 14.7. The molecule has 0 aliphatic carbocycles. The van der Waals surface area contributed by atoms with Gasteiger partial charge in [-0.2, -0.15) is 0 Å². The molecule has 1 aromatic carbocycles. The quantitative estimate of drug-likeness (QED) is 0.260. The number of ether oxygens (including phenoxy) is 1. The molecule has 0 aliphatic heterocycles. The first-order valence-corrected chi connectivity index (χ1v) is 10.1. The van der Waals surface area contributed by atoms with E-state index in [1.165, 1.54) is 11.1 Å². The first-order valence-electron chi connectivity index (χ1n) is 10.1. The van der Waals surface area contributed by atoms with Crippen molar-refractivity contribution in [1.82, 2.24) is 30.4 Å². The Morgan fingerprint density at radius 3 is 2.71 bits per heavy atom. The SMILES string of the molecule is CCc1nncn1CCNC(=NC)NCc1ccnc(Oc2ccc(C)c(C)c2)c1.I. The highest BCUT2D eigenvalue weighted by Crippen LogP contribution is 2.22. The molecule has 0 aliphatic rings. The summed E-state index contributed by atoms with van der Waals surface area (Å²) >= 11 is 0. The Hall–Kier alpha value is -2.69. The summed E-state index contributed by atoms with van der Waals surface area (Å²) in [4.78, 5) is 8.60. The van der Waals surface area contributed by atoms with Crippen LogP contribution in [-0.4, -0.2) is 39.3 Å². The molecule has 0 bridgehead atoms. The molecule has 0 fully saturated rings. The van der Waals surface area contributed by atoms with Crippen LogP contribution in [-0.2, 0) is 19.5 Å². The number of benzene rings is 1. The first-order chi connectivity index (χ1) is 14.6. The summed E-state index contributed by atoms with van der Waals surface area (Å²) in [7, 11) is 1.76. The van der Waals surface area contributed by atoms with E-state index >= 15 is 0 Å². The molecule has 0 spiro atoms. The third-order valence-electron chi connectivity index (χ3n) is 4.84. The van der Waals surface area contributed by atoms with Gasteiger partial charge < -0.3 is 19.9 Å². The van der Waals surface area contributed by atoms with Crippen LogP contribution in [0.25, 0.3) is 0 Å². The summed E-state index contributed by atoms with van der Waals surface area (Å²) in [6.45, 7) is 8.34. The van der Waals surface area contributed by atoms with Crippen LogP contribution < -0.4 is 15.4 Å². The van der Waals surface area contributed by atoms with Crippen molar-refractivity contribution >= 4 is 29.9 Å². The van der Waals surface area contributed by atoms with E-state index in [0.717, 1.165) is 42.6 Å². The summed E-state index contributed by atoms with van der Waals surface area (Å²) < 4.78 is 7.96. The zero-order chi connectivity index (χ0) is 21.3. The molecule has 9 heteroatoms. The summed E-state index contributed by atoms with van der Waals surface area (Å²) in [5.41, 5.74) is 3.49. The van der Waals surface area contributed by atoms with E-state index in [4.69, 9.17) is 4.74 Å². The molecule has 0 saturated carbocycles. The second kappa shape index (κ2) is 12.2. The van der Waals surface area contributed by atoms with E-state index in [9.17, 15) is 0 Å². The van der Waals surface area contributed by atoms with Gasteiger partial charge in [0.05, 0.1) is 0 Å². The number of hydrogen-bond donors (Lipinski definition) is 2. The number of aliphatic imine (C=N–C) groups is 1. The van der Waals surface area contributed by atoms with Crippen LogP contribution in [0, 0.1) is 13.8 Å². The van der Waals surface area contributed by atoms with E-state index in [0.29, 0.717) is 12.4 Å². The van der Waals surface area contributed by atoms with Gasteiger partial charge in [-0.25, -0.2) is 4.98 Å². The van der Waals surface area contributed by atoms with Crippen molar-refractivity contribution in [3.05, 3.63) is 65.4 Å². The Bertz CT molecular complexity index is 1000. The average molecular weight is 535 g/mol. The van der Waals surface area contributed by atoms with Gasteiger partial charge in [0.25, 0.3) is 0 Å². The first kappa shape index (κ1) is 24.6. The van der Waals surface area contributed by atoms with Crippen molar-refractivity contribution in [1.29, 1.82) is 0 Å². The lowest BCUT2D eigenvalue weighted by atomic mass is 10.1. The predicted octanol–water partition coefficient (Wildman–Crippen LogP) is 3.63. The van der Waals surface area contributed by atoms with Gasteiger partial charge in [0.2, 0.25) is 5.88 Å². The van der Waals surface area contributed by atoms with Crippen LogP contribution in [0.4, 0.5) is 0 Å². The number of guanidine groups is 1. The third-order valence-corrected chi connectivity index (χ3v) is 4.84. The fourth-order valence-electron chi connectivity index (χ4n) is 2.95. The van der Waals surface area contributed by atoms with E-state index in [-0.39, 0.29) is 24.0 Å². The van der Waals surface area contributed by atoms with Crippen LogP contribution in [0.2, 0.25) is 0 Å². The maximum atomic E-state index is 5.92. The van der Waals surface area contributed by atoms with Gasteiger partial charge in [-0.3, -0.25) is 4.99 Å². The smallest absolute Gasteiger partial charge is 0.219 e. The molecule has 166 valence electrons. The molecule has 0 saturated heterocycles. The van der Waals surface area contributed by atoms with Gasteiger partial charge in [-0.15, -0.1) is 34.2 Å². The van der Waals surface area contributed by atoms with E-state index in [1.54, 1.807) is 19.6 Å². The van der Waals surface area contributed by atoms with Crippen molar-refractivity contribution in [2.24, 2.45) is 4.99 Å². The highest BCUT2D eigenvalue weighted by Gasteiger charge is 2.05. The fourth-order valence-corrected chi connectivity index (χ4v) is 2.95. The van der Waals surface area contributed by atoms with E-state index in [1.807, 2.05) is 28.8 Å². The normalized spacial score (nSPS) is 11.0. The Kier molecular flexibility index (Phi) is 9.70. The van der Waals surface area contributed by atoms with Crippen LogP contribution >= 0.6 is 24.0 Å². The molecule has 2 heterocycles. The average Bonchev–Trinajstić information content (AvgIpc) is 3.21. The Morgan fingerprint density at radius 2 is 1.97 bits per heavy atom. The molecular weight excluding hydrogens is 505 g/mol. The third kappa shape index (κ3) is 7.20. The van der Waals surface area contributed by atoms with E-state index in [2.05, 4.69) is 57.6 Å². The minimum Gasteiger partial charge on any atom is -0.439 e. The topological polar surface area (TPSA) is 89.2 Å². The molecule has 8 nitrogen and oxygen atoms in total. The van der Waals surface area contributed by atoms with Gasteiger partial charge in [0.15, 0.2) is 5.96 Å². The van der Waals surface area contributed by atoms with Gasteiger partial charge >= 0.3 is 0 Å². The fraction of sp³-hybridized carbons (Fsp3) is 0.364. The van der Waals surface area contributed by atoms with Gasteiger partial charge in [0.1, 0.15) is 17.9 Å². The zero-order valence-electron chi connectivity index (χ0n) is 18.4. The number of pyridine rings is 1. The molecule has 3 aromatic rings. The van der Waals surface area contributed by atoms with Crippen LogP contribution in [0.5, 0.6) is 11.6 Å². The monoisotopic (exact) mass is 535 g/mol. The summed E-state index contributed by atoms with van der Waals surface area (Å²) in [6, 6.07) is 9.92. The second-order valence-corrected chi connectivity index (χ2v) is 7.00. The van der Waals surface area contributed by atoms with Crippen LogP contribution in [0.3, 0.4) is 0 Å².